The van der Waals surface area contributed by atoms with Gasteiger partial charge in [0.25, 0.3) is 0 Å². The first kappa shape index (κ1) is 17.3. The lowest BCUT2D eigenvalue weighted by molar-refractivity contribution is 0.415. The lowest BCUT2D eigenvalue weighted by Crippen LogP contribution is -2.37. The van der Waals surface area contributed by atoms with Gasteiger partial charge in [-0.25, -0.2) is 8.42 Å². The summed E-state index contributed by atoms with van der Waals surface area (Å²) < 4.78 is 27.7. The van der Waals surface area contributed by atoms with Crippen LogP contribution in [0.5, 0.6) is 0 Å². The highest BCUT2D eigenvalue weighted by molar-refractivity contribution is 9.11. The average molecular weight is 432 g/mol. The first-order chi connectivity index (χ1) is 8.71. The number of anilines is 1. The number of nitrogens with two attached hydrogens (primary N) is 1. The molecule has 1 atom stereocenters. The smallest absolute Gasteiger partial charge is 0.246 e. The maximum atomic E-state index is 12.6. The fourth-order valence-corrected chi connectivity index (χ4v) is 5.75. The van der Waals surface area contributed by atoms with E-state index in [1.54, 1.807) is 30.9 Å². The Kier molecular flexibility index (Phi) is 6.19. The molecule has 0 aliphatic rings. The van der Waals surface area contributed by atoms with Gasteiger partial charge < -0.3 is 5.73 Å². The minimum atomic E-state index is -3.61. The topological polar surface area (TPSA) is 63.4 Å². The zero-order valence-electron chi connectivity index (χ0n) is 10.9. The molecule has 0 heterocycles. The van der Waals surface area contributed by atoms with Crippen molar-refractivity contribution in [3.63, 3.8) is 0 Å². The van der Waals surface area contributed by atoms with Crippen molar-refractivity contribution >= 4 is 59.3 Å². The molecule has 1 rings (SSSR count). The second-order valence-corrected chi connectivity index (χ2v) is 8.75. The molecular formula is C11H16Br2N2O2S2. The van der Waals surface area contributed by atoms with E-state index in [9.17, 15) is 8.42 Å². The van der Waals surface area contributed by atoms with Crippen LogP contribution in [-0.2, 0) is 10.0 Å². The molecule has 0 aliphatic carbocycles. The largest absolute Gasteiger partial charge is 0.398 e. The van der Waals surface area contributed by atoms with Crippen LogP contribution in [0.4, 0.5) is 5.69 Å². The van der Waals surface area contributed by atoms with Crippen LogP contribution in [0, 0.1) is 0 Å². The summed E-state index contributed by atoms with van der Waals surface area (Å²) >= 11 is 8.16. The molecule has 0 radical (unpaired) electrons. The summed E-state index contributed by atoms with van der Waals surface area (Å²) in [4.78, 5) is 0.117. The van der Waals surface area contributed by atoms with Crippen molar-refractivity contribution in [2.75, 3.05) is 24.8 Å². The van der Waals surface area contributed by atoms with Crippen molar-refractivity contribution in [3.8, 4) is 0 Å². The lowest BCUT2D eigenvalue weighted by Gasteiger charge is -2.25. The van der Waals surface area contributed by atoms with Crippen molar-refractivity contribution in [2.45, 2.75) is 17.9 Å². The van der Waals surface area contributed by atoms with Crippen LogP contribution >= 0.6 is 43.6 Å². The third-order valence-electron chi connectivity index (χ3n) is 2.70. The Bertz CT molecular complexity index is 541. The fourth-order valence-electron chi connectivity index (χ4n) is 1.58. The zero-order valence-corrected chi connectivity index (χ0v) is 15.7. The molecule has 19 heavy (non-hydrogen) atoms. The number of sulfonamides is 1. The van der Waals surface area contributed by atoms with Crippen LogP contribution in [0.1, 0.15) is 6.92 Å². The number of hydrogen-bond donors (Lipinski definition) is 1. The first-order valence-corrected chi connectivity index (χ1v) is 9.85. The third kappa shape index (κ3) is 3.87. The number of nitrogen functional groups attached to an aromatic ring is 1. The Morgan fingerprint density at radius 3 is 2.47 bits per heavy atom. The van der Waals surface area contributed by atoms with Gasteiger partial charge in [0.1, 0.15) is 4.90 Å². The van der Waals surface area contributed by atoms with Gasteiger partial charge in [0, 0.05) is 27.8 Å². The standard InChI is InChI=1S/C11H16Br2N2O2S2/c1-7(6-18-3)15(2)19(16,17)11-9(13)4-8(12)5-10(11)14/h4-5,7H,6,14H2,1-3H3. The number of thioether (sulfide) groups is 1. The van der Waals surface area contributed by atoms with Crippen LogP contribution in [-0.4, -0.2) is 37.8 Å². The predicted octanol–water partition coefficient (Wildman–Crippen LogP) is 3.17. The molecule has 108 valence electrons. The summed E-state index contributed by atoms with van der Waals surface area (Å²) in [7, 11) is -2.04. The van der Waals surface area contributed by atoms with Gasteiger partial charge in [-0.05, 0) is 41.2 Å². The van der Waals surface area contributed by atoms with Gasteiger partial charge in [0.05, 0.1) is 5.69 Å². The van der Waals surface area contributed by atoms with Crippen molar-refractivity contribution in [1.82, 2.24) is 4.31 Å². The van der Waals surface area contributed by atoms with Crippen LogP contribution in [0.2, 0.25) is 0 Å². The highest BCUT2D eigenvalue weighted by atomic mass is 79.9. The SMILES string of the molecule is CSCC(C)N(C)S(=O)(=O)c1c(N)cc(Br)cc1Br. The fraction of sp³-hybridized carbons (Fsp3) is 0.455. The molecule has 0 amide bonds. The summed E-state index contributed by atoms with van der Waals surface area (Å²) in [6.45, 7) is 1.87. The van der Waals surface area contributed by atoms with E-state index >= 15 is 0 Å². The quantitative estimate of drug-likeness (QED) is 0.727. The number of nitrogens with zero attached hydrogens (tertiary/aromatic N) is 1. The van der Waals surface area contributed by atoms with E-state index in [1.165, 1.54) is 4.31 Å². The van der Waals surface area contributed by atoms with Gasteiger partial charge in [0.2, 0.25) is 10.0 Å². The number of rotatable bonds is 5. The van der Waals surface area contributed by atoms with E-state index in [2.05, 4.69) is 31.9 Å². The summed E-state index contributed by atoms with van der Waals surface area (Å²) in [5.41, 5.74) is 6.08. The van der Waals surface area contributed by atoms with Crippen LogP contribution in [0.3, 0.4) is 0 Å². The van der Waals surface area contributed by atoms with Crippen LogP contribution < -0.4 is 5.73 Å². The van der Waals surface area contributed by atoms with E-state index in [4.69, 9.17) is 5.73 Å². The molecule has 0 bridgehead atoms. The molecule has 0 fully saturated rings. The number of hydrogen-bond acceptors (Lipinski definition) is 4. The number of halogens is 2. The van der Waals surface area contributed by atoms with Gasteiger partial charge in [-0.3, -0.25) is 0 Å². The molecule has 8 heteroatoms. The second kappa shape index (κ2) is 6.80. The van der Waals surface area contributed by atoms with Gasteiger partial charge in [-0.2, -0.15) is 16.1 Å². The van der Waals surface area contributed by atoms with Gasteiger partial charge in [-0.15, -0.1) is 0 Å². The van der Waals surface area contributed by atoms with E-state index in [-0.39, 0.29) is 16.6 Å². The Hall–Kier alpha value is 0.240. The molecule has 1 unspecified atom stereocenters. The third-order valence-corrected chi connectivity index (χ3v) is 6.95. The Morgan fingerprint density at radius 1 is 1.42 bits per heavy atom. The Morgan fingerprint density at radius 2 is 2.00 bits per heavy atom. The number of benzene rings is 1. The average Bonchev–Trinajstić information content (AvgIpc) is 2.26. The summed E-state index contributed by atoms with van der Waals surface area (Å²) in [6, 6.07) is 3.16. The van der Waals surface area contributed by atoms with Crippen molar-refractivity contribution in [1.29, 1.82) is 0 Å². The van der Waals surface area contributed by atoms with E-state index in [0.717, 1.165) is 10.2 Å². The second-order valence-electron chi connectivity index (χ2n) is 4.13. The molecular weight excluding hydrogens is 416 g/mol. The molecule has 1 aromatic rings. The Balaban J connectivity index is 3.28. The minimum Gasteiger partial charge on any atom is -0.398 e. The molecule has 0 aromatic heterocycles. The van der Waals surface area contributed by atoms with Crippen molar-refractivity contribution in [3.05, 3.63) is 21.1 Å². The van der Waals surface area contributed by atoms with Gasteiger partial charge in [-0.1, -0.05) is 15.9 Å². The maximum absolute atomic E-state index is 12.6. The summed E-state index contributed by atoms with van der Waals surface area (Å²) in [6.07, 6.45) is 1.95. The zero-order chi connectivity index (χ0) is 14.8. The predicted molar refractivity (Wildman–Crippen MR) is 89.0 cm³/mol. The lowest BCUT2D eigenvalue weighted by atomic mass is 10.3. The van der Waals surface area contributed by atoms with E-state index < -0.39 is 10.0 Å². The normalized spacial score (nSPS) is 13.8. The first-order valence-electron chi connectivity index (χ1n) is 5.43. The van der Waals surface area contributed by atoms with Gasteiger partial charge in [0.15, 0.2) is 0 Å². The van der Waals surface area contributed by atoms with Crippen molar-refractivity contribution < 1.29 is 8.42 Å². The van der Waals surface area contributed by atoms with E-state index in [1.807, 2.05) is 13.2 Å². The highest BCUT2D eigenvalue weighted by Gasteiger charge is 2.29. The molecule has 2 N–H and O–H groups in total. The molecule has 0 aliphatic heterocycles. The molecule has 0 spiro atoms. The maximum Gasteiger partial charge on any atom is 0.246 e. The molecule has 4 nitrogen and oxygen atoms in total. The van der Waals surface area contributed by atoms with E-state index in [0.29, 0.717) is 4.47 Å². The molecule has 1 aromatic carbocycles. The van der Waals surface area contributed by atoms with Gasteiger partial charge >= 0.3 is 0 Å². The van der Waals surface area contributed by atoms with Crippen LogP contribution in [0.15, 0.2) is 26.0 Å². The molecule has 0 saturated heterocycles. The molecule has 0 saturated carbocycles. The van der Waals surface area contributed by atoms with Crippen LogP contribution in [0.25, 0.3) is 0 Å². The minimum absolute atomic E-state index is 0.102. The Labute approximate surface area is 135 Å². The monoisotopic (exact) mass is 430 g/mol. The highest BCUT2D eigenvalue weighted by Crippen LogP contribution is 2.33. The van der Waals surface area contributed by atoms with Crippen molar-refractivity contribution in [2.24, 2.45) is 0 Å². The summed E-state index contributed by atoms with van der Waals surface area (Å²) in [5, 5.41) is 0. The summed E-state index contributed by atoms with van der Waals surface area (Å²) in [5.74, 6) is 0.726.